The van der Waals surface area contributed by atoms with E-state index in [2.05, 4.69) is 9.97 Å². The number of ether oxygens (including phenoxy) is 1. The number of rotatable bonds is 4. The van der Waals surface area contributed by atoms with Gasteiger partial charge in [-0.2, -0.15) is 4.98 Å². The first-order chi connectivity index (χ1) is 9.50. The summed E-state index contributed by atoms with van der Waals surface area (Å²) < 4.78 is 5.13. The number of hydrogen-bond donors (Lipinski definition) is 1. The Morgan fingerprint density at radius 2 is 1.80 bits per heavy atom. The molecule has 1 aromatic carbocycles. The molecule has 0 aliphatic carbocycles. The first-order valence-electron chi connectivity index (χ1n) is 5.17. The Bertz CT molecular complexity index is 689. The fraction of sp³-hybridized carbons (Fsp3) is 0. The van der Waals surface area contributed by atoms with Crippen molar-refractivity contribution in [1.82, 2.24) is 9.97 Å². The van der Waals surface area contributed by atoms with Crippen molar-refractivity contribution in [3.8, 4) is 11.6 Å². The minimum Gasteiger partial charge on any atom is -0.426 e. The highest BCUT2D eigenvalue weighted by molar-refractivity contribution is 5.60. The molecule has 102 valence electrons. The molecule has 2 rings (SSSR count). The second kappa shape index (κ2) is 5.14. The van der Waals surface area contributed by atoms with Gasteiger partial charge in [0.05, 0.1) is 9.85 Å². The van der Waals surface area contributed by atoms with Crippen LogP contribution < -0.4 is 10.5 Å². The van der Waals surface area contributed by atoms with E-state index in [4.69, 9.17) is 10.5 Å². The van der Waals surface area contributed by atoms with Gasteiger partial charge in [0.15, 0.2) is 0 Å². The summed E-state index contributed by atoms with van der Waals surface area (Å²) in [4.78, 5) is 27.3. The molecule has 0 radical (unpaired) electrons. The number of aromatic nitrogens is 2. The van der Waals surface area contributed by atoms with Crippen molar-refractivity contribution >= 4 is 17.2 Å². The molecule has 10 nitrogen and oxygen atoms in total. The molecule has 0 bridgehead atoms. The zero-order valence-electron chi connectivity index (χ0n) is 9.79. The van der Waals surface area contributed by atoms with Gasteiger partial charge in [-0.1, -0.05) is 12.1 Å². The summed E-state index contributed by atoms with van der Waals surface area (Å²) in [7, 11) is 0. The molecule has 0 unspecified atom stereocenters. The lowest BCUT2D eigenvalue weighted by atomic mass is 10.3. The first kappa shape index (κ1) is 13.1. The zero-order chi connectivity index (χ0) is 14.7. The van der Waals surface area contributed by atoms with E-state index >= 15 is 0 Å². The summed E-state index contributed by atoms with van der Waals surface area (Å²) in [5, 5.41) is 21.7. The maximum Gasteiger partial charge on any atom is 0.372 e. The molecule has 1 aromatic heterocycles. The predicted octanol–water partition coefficient (Wildman–Crippen LogP) is 1.67. The number of nitrogen functional groups attached to an aromatic ring is 1. The van der Waals surface area contributed by atoms with Crippen LogP contribution in [0.2, 0.25) is 0 Å². The largest absolute Gasteiger partial charge is 0.426 e. The summed E-state index contributed by atoms with van der Waals surface area (Å²) >= 11 is 0. The average Bonchev–Trinajstić information content (AvgIpc) is 2.38. The number of nitro groups is 2. The monoisotopic (exact) mass is 277 g/mol. The molecule has 0 spiro atoms. The van der Waals surface area contributed by atoms with Crippen LogP contribution in [0.3, 0.4) is 0 Å². The number of hydrogen-bond acceptors (Lipinski definition) is 8. The van der Waals surface area contributed by atoms with Crippen LogP contribution in [0.4, 0.5) is 17.2 Å². The van der Waals surface area contributed by atoms with Gasteiger partial charge in [-0.05, 0) is 6.07 Å². The number of nitrogens with zero attached hydrogens (tertiary/aromatic N) is 4. The molecule has 1 heterocycles. The van der Waals surface area contributed by atoms with E-state index in [1.165, 1.54) is 24.3 Å². The Kier molecular flexibility index (Phi) is 3.37. The summed E-state index contributed by atoms with van der Waals surface area (Å²) in [6, 6.07) is 5.42. The SMILES string of the molecule is Nc1ncnc(Oc2ccccc2[N+](=O)[O-])c1[N+](=O)[O-]. The quantitative estimate of drug-likeness (QED) is 0.655. The fourth-order valence-corrected chi connectivity index (χ4v) is 1.42. The maximum atomic E-state index is 10.9. The van der Waals surface area contributed by atoms with Crippen molar-refractivity contribution in [1.29, 1.82) is 0 Å². The lowest BCUT2D eigenvalue weighted by molar-refractivity contribution is -0.387. The number of nitrogens with two attached hydrogens (primary N) is 1. The smallest absolute Gasteiger partial charge is 0.372 e. The minimum absolute atomic E-state index is 0.182. The summed E-state index contributed by atoms with van der Waals surface area (Å²) in [5.74, 6) is -1.03. The standard InChI is InChI=1S/C10H7N5O5/c11-9-8(15(18)19)10(13-5-12-9)20-7-4-2-1-3-6(7)14(16)17/h1-5H,(H2,11,12,13). The number of para-hydroxylation sites is 2. The Hall–Kier alpha value is -3.30. The third-order valence-corrected chi connectivity index (χ3v) is 2.27. The molecule has 2 N–H and O–H groups in total. The lowest BCUT2D eigenvalue weighted by Crippen LogP contribution is -2.03. The summed E-state index contributed by atoms with van der Waals surface area (Å²) in [5.41, 5.74) is 4.37. The van der Waals surface area contributed by atoms with Gasteiger partial charge in [-0.15, -0.1) is 0 Å². The molecule has 10 heteroatoms. The van der Waals surface area contributed by atoms with Gasteiger partial charge in [0, 0.05) is 6.07 Å². The van der Waals surface area contributed by atoms with Crippen LogP contribution in [0, 0.1) is 20.2 Å². The van der Waals surface area contributed by atoms with Gasteiger partial charge >= 0.3 is 17.3 Å². The summed E-state index contributed by atoms with van der Waals surface area (Å²) in [6.45, 7) is 0. The maximum absolute atomic E-state index is 10.9. The molecule has 0 saturated carbocycles. The third kappa shape index (κ3) is 2.43. The van der Waals surface area contributed by atoms with Crippen LogP contribution in [0.5, 0.6) is 11.6 Å². The highest BCUT2D eigenvalue weighted by Crippen LogP contribution is 2.35. The molecule has 0 amide bonds. The molecule has 2 aromatic rings. The average molecular weight is 277 g/mol. The van der Waals surface area contributed by atoms with Crippen molar-refractivity contribution in [3.63, 3.8) is 0 Å². The molecular weight excluding hydrogens is 270 g/mol. The van der Waals surface area contributed by atoms with E-state index in [9.17, 15) is 20.2 Å². The minimum atomic E-state index is -0.820. The second-order valence-electron chi connectivity index (χ2n) is 3.50. The van der Waals surface area contributed by atoms with E-state index in [0.29, 0.717) is 0 Å². The van der Waals surface area contributed by atoms with Crippen molar-refractivity contribution < 1.29 is 14.6 Å². The van der Waals surface area contributed by atoms with Gasteiger partial charge < -0.3 is 10.5 Å². The van der Waals surface area contributed by atoms with Crippen LogP contribution in [0.15, 0.2) is 30.6 Å². The molecule has 0 atom stereocenters. The second-order valence-corrected chi connectivity index (χ2v) is 3.50. The van der Waals surface area contributed by atoms with Crippen molar-refractivity contribution in [2.45, 2.75) is 0 Å². The molecule has 0 saturated heterocycles. The van der Waals surface area contributed by atoms with Gasteiger partial charge in [-0.25, -0.2) is 4.98 Å². The van der Waals surface area contributed by atoms with Crippen LogP contribution >= 0.6 is 0 Å². The number of anilines is 1. The van der Waals surface area contributed by atoms with Gasteiger partial charge in [-0.3, -0.25) is 20.2 Å². The van der Waals surface area contributed by atoms with E-state index in [1.54, 1.807) is 0 Å². The molecular formula is C10H7N5O5. The Morgan fingerprint density at radius 3 is 2.45 bits per heavy atom. The van der Waals surface area contributed by atoms with Crippen molar-refractivity contribution in [2.24, 2.45) is 0 Å². The van der Waals surface area contributed by atoms with E-state index in [1.807, 2.05) is 0 Å². The molecule has 20 heavy (non-hydrogen) atoms. The van der Waals surface area contributed by atoms with Gasteiger partial charge in [0.2, 0.25) is 11.6 Å². The van der Waals surface area contributed by atoms with Crippen molar-refractivity contribution in [2.75, 3.05) is 5.73 Å². The van der Waals surface area contributed by atoms with Crippen LogP contribution in [-0.4, -0.2) is 19.8 Å². The zero-order valence-corrected chi connectivity index (χ0v) is 9.79. The topological polar surface area (TPSA) is 147 Å². The highest BCUT2D eigenvalue weighted by atomic mass is 16.6. The molecule has 0 aliphatic heterocycles. The molecule has 0 fully saturated rings. The van der Waals surface area contributed by atoms with E-state index in [0.717, 1.165) is 6.33 Å². The highest BCUT2D eigenvalue weighted by Gasteiger charge is 2.25. The van der Waals surface area contributed by atoms with Gasteiger partial charge in [0.25, 0.3) is 0 Å². The summed E-state index contributed by atoms with van der Waals surface area (Å²) in [6.07, 6.45) is 0.965. The Morgan fingerprint density at radius 1 is 1.10 bits per heavy atom. The van der Waals surface area contributed by atoms with Crippen molar-refractivity contribution in [3.05, 3.63) is 50.8 Å². The fourth-order valence-electron chi connectivity index (χ4n) is 1.42. The molecule has 0 aliphatic rings. The normalized spacial score (nSPS) is 10.0. The van der Waals surface area contributed by atoms with Crippen LogP contribution in [-0.2, 0) is 0 Å². The van der Waals surface area contributed by atoms with E-state index in [-0.39, 0.29) is 11.4 Å². The number of benzene rings is 1. The van der Waals surface area contributed by atoms with E-state index < -0.39 is 27.2 Å². The Labute approximate surface area is 111 Å². The lowest BCUT2D eigenvalue weighted by Gasteiger charge is -2.05. The first-order valence-corrected chi connectivity index (χ1v) is 5.17. The Balaban J connectivity index is 2.49. The van der Waals surface area contributed by atoms with Crippen LogP contribution in [0.1, 0.15) is 0 Å². The van der Waals surface area contributed by atoms with Crippen LogP contribution in [0.25, 0.3) is 0 Å². The number of nitro benzene ring substituents is 1. The predicted molar refractivity (Wildman–Crippen MR) is 66.3 cm³/mol. The third-order valence-electron chi connectivity index (χ3n) is 2.27. The van der Waals surface area contributed by atoms with Gasteiger partial charge in [0.1, 0.15) is 6.33 Å².